The number of aromatic hydroxyl groups is 1. The van der Waals surface area contributed by atoms with Gasteiger partial charge in [0.2, 0.25) is 11.8 Å². The Hall–Kier alpha value is -3.73. The fraction of sp³-hybridized carbons (Fsp3) is 0.594. The van der Waals surface area contributed by atoms with Crippen molar-refractivity contribution < 1.29 is 44.4 Å². The Morgan fingerprint density at radius 1 is 0.860 bits per heavy atom. The normalized spacial score (nSPS) is 14.0. The maximum atomic E-state index is 13.3. The summed E-state index contributed by atoms with van der Waals surface area (Å²) in [4.78, 5) is 61.3. The second-order valence-corrected chi connectivity index (χ2v) is 10.9. The molecule has 0 saturated heterocycles. The number of ketones is 1. The van der Waals surface area contributed by atoms with E-state index in [9.17, 15) is 44.4 Å². The standard InChI is InChI=1S/C32H48N2O9/c1-3-4-5-8-11-14-24(35)15-12-9-6-7-10-13-16-26(32(43,31(41)42)22-28(37)38)29(39)34-27(30(40)33-2)21-23-17-19-25(36)20-18-23/h13,16-20,26-27,36,43H,3-12,14-15,21-22H2,1-2H3,(H,33,40)(H,34,39)(H,37,38)(H,41,42)/b16-13+/t26-,27+,32+/m1/s1. The van der Waals surface area contributed by atoms with E-state index in [4.69, 9.17) is 0 Å². The summed E-state index contributed by atoms with van der Waals surface area (Å²) >= 11 is 0. The zero-order chi connectivity index (χ0) is 32.3. The van der Waals surface area contributed by atoms with Gasteiger partial charge in [-0.05, 0) is 43.4 Å². The molecule has 0 aliphatic rings. The van der Waals surface area contributed by atoms with E-state index >= 15 is 0 Å². The van der Waals surface area contributed by atoms with Crippen LogP contribution in [0.4, 0.5) is 0 Å². The van der Waals surface area contributed by atoms with E-state index in [-0.39, 0.29) is 18.0 Å². The van der Waals surface area contributed by atoms with Crippen molar-refractivity contribution in [1.29, 1.82) is 0 Å². The predicted molar refractivity (Wildman–Crippen MR) is 161 cm³/mol. The van der Waals surface area contributed by atoms with Crippen LogP contribution < -0.4 is 10.6 Å². The topological polar surface area (TPSA) is 190 Å². The quantitative estimate of drug-likeness (QED) is 0.0794. The fourth-order valence-corrected chi connectivity index (χ4v) is 4.75. The Kier molecular flexibility index (Phi) is 17.5. The number of hydrogen-bond donors (Lipinski definition) is 6. The molecule has 0 aromatic heterocycles. The summed E-state index contributed by atoms with van der Waals surface area (Å²) in [6, 6.07) is 4.76. The molecule has 0 unspecified atom stereocenters. The maximum Gasteiger partial charge on any atom is 0.337 e. The van der Waals surface area contributed by atoms with Gasteiger partial charge in [-0.3, -0.25) is 19.2 Å². The average Bonchev–Trinajstić information content (AvgIpc) is 2.95. The number of allylic oxidation sites excluding steroid dienone is 1. The molecule has 3 atom stereocenters. The molecule has 0 saturated carbocycles. The second-order valence-electron chi connectivity index (χ2n) is 10.9. The highest BCUT2D eigenvalue weighted by molar-refractivity contribution is 5.95. The first-order valence-corrected chi connectivity index (χ1v) is 15.1. The minimum Gasteiger partial charge on any atom is -0.508 e. The lowest BCUT2D eigenvalue weighted by Crippen LogP contribution is -2.56. The molecule has 0 spiro atoms. The second kappa shape index (κ2) is 20.2. The molecule has 0 bridgehead atoms. The summed E-state index contributed by atoms with van der Waals surface area (Å²) in [6.07, 6.45) is 11.7. The minimum absolute atomic E-state index is 0.00603. The molecule has 11 nitrogen and oxygen atoms in total. The lowest BCUT2D eigenvalue weighted by molar-refractivity contribution is -0.172. The van der Waals surface area contributed by atoms with Gasteiger partial charge in [0.05, 0.1) is 12.3 Å². The van der Waals surface area contributed by atoms with Gasteiger partial charge in [0.25, 0.3) is 0 Å². The number of aliphatic carboxylic acids is 2. The third-order valence-electron chi connectivity index (χ3n) is 7.31. The van der Waals surface area contributed by atoms with Crippen LogP contribution in [0.2, 0.25) is 0 Å². The van der Waals surface area contributed by atoms with Crippen LogP contribution in [-0.4, -0.2) is 68.7 Å². The molecule has 0 aliphatic carbocycles. The first-order valence-electron chi connectivity index (χ1n) is 15.1. The first-order chi connectivity index (χ1) is 20.4. The number of carbonyl (C=O) groups is 5. The molecule has 0 aliphatic heterocycles. The third-order valence-corrected chi connectivity index (χ3v) is 7.31. The Morgan fingerprint density at radius 3 is 1.98 bits per heavy atom. The number of amides is 2. The van der Waals surface area contributed by atoms with Crippen molar-refractivity contribution in [2.24, 2.45) is 5.92 Å². The average molecular weight is 605 g/mol. The third kappa shape index (κ3) is 14.3. The molecule has 0 heterocycles. The van der Waals surface area contributed by atoms with Crippen LogP contribution in [-0.2, 0) is 30.4 Å². The molecular weight excluding hydrogens is 556 g/mol. The van der Waals surface area contributed by atoms with Crippen LogP contribution in [0.3, 0.4) is 0 Å². The van der Waals surface area contributed by atoms with Gasteiger partial charge in [0.15, 0.2) is 5.60 Å². The smallest absolute Gasteiger partial charge is 0.337 e. The Balaban J connectivity index is 2.82. The van der Waals surface area contributed by atoms with E-state index in [0.29, 0.717) is 31.2 Å². The summed E-state index contributed by atoms with van der Waals surface area (Å²) in [6.45, 7) is 2.15. The zero-order valence-electron chi connectivity index (χ0n) is 25.3. The molecule has 2 amide bonds. The largest absolute Gasteiger partial charge is 0.508 e. The molecule has 0 fully saturated rings. The summed E-state index contributed by atoms with van der Waals surface area (Å²) in [5.74, 6) is -6.63. The number of hydrogen-bond acceptors (Lipinski definition) is 7. The molecular formula is C32H48N2O9. The molecule has 11 heteroatoms. The SMILES string of the molecule is CCCCCCCC(=O)CCCCCC/C=C/[C@H](C(=O)N[C@@H](Cc1ccc(O)cc1)C(=O)NC)[C@@](O)(CC(=O)O)C(=O)O. The summed E-state index contributed by atoms with van der Waals surface area (Å²) < 4.78 is 0. The summed E-state index contributed by atoms with van der Waals surface area (Å²) in [5.41, 5.74) is -2.37. The van der Waals surface area contributed by atoms with E-state index in [1.54, 1.807) is 12.1 Å². The van der Waals surface area contributed by atoms with Gasteiger partial charge in [-0.1, -0.05) is 69.7 Å². The number of carboxylic acid groups (broad SMARTS) is 2. The van der Waals surface area contributed by atoms with E-state index in [1.807, 2.05) is 0 Å². The van der Waals surface area contributed by atoms with Gasteiger partial charge in [-0.25, -0.2) is 4.79 Å². The van der Waals surface area contributed by atoms with Gasteiger partial charge in [-0.15, -0.1) is 0 Å². The number of carboxylic acids is 2. The van der Waals surface area contributed by atoms with E-state index in [0.717, 1.165) is 38.5 Å². The van der Waals surface area contributed by atoms with Crippen LogP contribution >= 0.6 is 0 Å². The van der Waals surface area contributed by atoms with Crippen molar-refractivity contribution in [2.45, 2.75) is 108 Å². The highest BCUT2D eigenvalue weighted by Crippen LogP contribution is 2.26. The van der Waals surface area contributed by atoms with Crippen molar-refractivity contribution in [2.75, 3.05) is 7.05 Å². The molecule has 240 valence electrons. The molecule has 1 rings (SSSR count). The van der Waals surface area contributed by atoms with Gasteiger partial charge in [0.1, 0.15) is 17.6 Å². The Labute approximate surface area is 253 Å². The lowest BCUT2D eigenvalue weighted by Gasteiger charge is -2.30. The molecule has 1 aromatic carbocycles. The summed E-state index contributed by atoms with van der Waals surface area (Å²) in [5, 5.41) is 44.3. The van der Waals surface area contributed by atoms with Crippen molar-refractivity contribution in [3.8, 4) is 5.75 Å². The van der Waals surface area contributed by atoms with Gasteiger partial charge in [-0.2, -0.15) is 0 Å². The highest BCUT2D eigenvalue weighted by Gasteiger charge is 2.49. The minimum atomic E-state index is -2.96. The van der Waals surface area contributed by atoms with Crippen LogP contribution in [0.25, 0.3) is 0 Å². The number of likely N-dealkylation sites (N-methyl/N-ethyl adjacent to an activating group) is 1. The van der Waals surface area contributed by atoms with Crippen molar-refractivity contribution >= 4 is 29.5 Å². The van der Waals surface area contributed by atoms with E-state index < -0.39 is 47.7 Å². The van der Waals surface area contributed by atoms with Crippen molar-refractivity contribution in [3.05, 3.63) is 42.0 Å². The predicted octanol–water partition coefficient (Wildman–Crippen LogP) is 3.90. The van der Waals surface area contributed by atoms with Crippen molar-refractivity contribution in [3.63, 3.8) is 0 Å². The van der Waals surface area contributed by atoms with Crippen LogP contribution in [0.15, 0.2) is 36.4 Å². The lowest BCUT2D eigenvalue weighted by atomic mass is 9.82. The van der Waals surface area contributed by atoms with Crippen LogP contribution in [0.5, 0.6) is 5.75 Å². The number of rotatable bonds is 23. The van der Waals surface area contributed by atoms with Gasteiger partial charge < -0.3 is 31.1 Å². The first kappa shape index (κ1) is 37.3. The zero-order valence-corrected chi connectivity index (χ0v) is 25.3. The van der Waals surface area contributed by atoms with E-state index in [1.165, 1.54) is 44.2 Å². The number of nitrogens with one attached hydrogen (secondary N) is 2. The molecule has 1 aromatic rings. The number of carbonyl (C=O) groups excluding carboxylic acids is 3. The number of phenols is 1. The van der Waals surface area contributed by atoms with Gasteiger partial charge >= 0.3 is 11.9 Å². The summed E-state index contributed by atoms with van der Waals surface area (Å²) in [7, 11) is 1.36. The Morgan fingerprint density at radius 2 is 1.44 bits per heavy atom. The van der Waals surface area contributed by atoms with E-state index in [2.05, 4.69) is 17.6 Å². The highest BCUT2D eigenvalue weighted by atomic mass is 16.4. The maximum absolute atomic E-state index is 13.3. The molecule has 43 heavy (non-hydrogen) atoms. The number of Topliss-reactive ketones (excluding diaryl/α,β-unsaturated/α-hetero) is 1. The monoisotopic (exact) mass is 604 g/mol. The number of phenolic OH excluding ortho intramolecular Hbond substituents is 1. The number of benzene rings is 1. The van der Waals surface area contributed by atoms with Crippen LogP contribution in [0, 0.1) is 5.92 Å². The fourth-order valence-electron chi connectivity index (χ4n) is 4.75. The van der Waals surface area contributed by atoms with Gasteiger partial charge in [0, 0.05) is 26.3 Å². The van der Waals surface area contributed by atoms with Crippen molar-refractivity contribution in [1.82, 2.24) is 10.6 Å². The number of aliphatic hydroxyl groups is 1. The Bertz CT molecular complexity index is 1070. The number of unbranched alkanes of at least 4 members (excludes halogenated alkanes) is 8. The van der Waals surface area contributed by atoms with Crippen LogP contribution in [0.1, 0.15) is 96.0 Å². The molecule has 6 N–H and O–H groups in total. The molecule has 0 radical (unpaired) electrons.